The number of aliphatic carboxylic acids is 2. The second kappa shape index (κ2) is 14.2. The third kappa shape index (κ3) is 13.9. The van der Waals surface area contributed by atoms with E-state index in [4.69, 9.17) is 26.8 Å². The van der Waals surface area contributed by atoms with Gasteiger partial charge in [0.1, 0.15) is 0 Å². The van der Waals surface area contributed by atoms with Crippen LogP contribution in [0.15, 0.2) is 25.0 Å². The van der Waals surface area contributed by atoms with E-state index in [-0.39, 0.29) is 30.2 Å². The Morgan fingerprint density at radius 1 is 1.04 bits per heavy atom. The molecule has 2 aromatic heterocycles. The first-order valence-electron chi connectivity index (χ1n) is 6.76. The number of nitrogens with one attached hydrogen (secondary N) is 4. The van der Waals surface area contributed by atoms with Gasteiger partial charge in [0.05, 0.1) is 24.0 Å². The van der Waals surface area contributed by atoms with Crippen molar-refractivity contribution in [3.05, 3.63) is 58.0 Å². The number of aromatic amines is 2. The van der Waals surface area contributed by atoms with E-state index < -0.39 is 29.1 Å². The number of H-pyrrole nitrogens is 2. The smallest absolute Gasteiger partial charge is 0.670 e. The molecule has 0 spiro atoms. The minimum absolute atomic E-state index is 0. The molecule has 2 rings (SSSR count). The van der Waals surface area contributed by atoms with Crippen LogP contribution in [0.1, 0.15) is 11.4 Å². The maximum Gasteiger partial charge on any atom is 5.00 e. The first-order valence-corrected chi connectivity index (χ1v) is 6.76. The quantitative estimate of drug-likeness (QED) is 0.340. The molecule has 145 valence electrons. The van der Waals surface area contributed by atoms with Crippen LogP contribution in [0.2, 0.25) is 0 Å². The van der Waals surface area contributed by atoms with Crippen LogP contribution in [0, 0.1) is 10.1 Å². The van der Waals surface area contributed by atoms with Gasteiger partial charge in [0.2, 0.25) is 0 Å². The molecule has 0 aliphatic rings. The van der Waals surface area contributed by atoms with E-state index in [0.717, 1.165) is 0 Å². The average molecular weight is 421 g/mol. The minimum Gasteiger partial charge on any atom is -0.670 e. The van der Waals surface area contributed by atoms with Crippen LogP contribution < -0.4 is 10.2 Å². The van der Waals surface area contributed by atoms with Crippen molar-refractivity contribution >= 4 is 11.9 Å². The Morgan fingerprint density at radius 2 is 1.33 bits per heavy atom. The normalized spacial score (nSPS) is 11.3. The zero-order valence-electron chi connectivity index (χ0n) is 13.5. The Morgan fingerprint density at radius 3 is 1.52 bits per heavy atom. The largest absolute Gasteiger partial charge is 5.00 e. The molecular weight excluding hydrogens is 406 g/mol. The van der Waals surface area contributed by atoms with Crippen molar-refractivity contribution in [2.75, 3.05) is 0 Å². The Hall–Kier alpha value is -2.99. The first-order chi connectivity index (χ1) is 12.1. The van der Waals surface area contributed by atoms with Gasteiger partial charge in [-0.25, -0.2) is 9.97 Å². The Labute approximate surface area is 162 Å². The van der Waals surface area contributed by atoms with E-state index in [9.17, 15) is 19.8 Å². The number of hydrogen-bond donors (Lipinski definition) is 3. The predicted octanol–water partition coefficient (Wildman–Crippen LogP) is -2.10. The summed E-state index contributed by atoms with van der Waals surface area (Å²) in [5.74, 6) is -2.74. The maximum absolute atomic E-state index is 10.1. The summed E-state index contributed by atoms with van der Waals surface area (Å²) in [4.78, 5) is 41.4. The summed E-state index contributed by atoms with van der Waals surface area (Å²) in [7, 11) is 0. The first kappa shape index (κ1) is 26.2. The fourth-order valence-corrected chi connectivity index (χ4v) is 1.39. The summed E-state index contributed by atoms with van der Waals surface area (Å²) in [5, 5.41) is 33.8. The summed E-state index contributed by atoms with van der Waals surface area (Å²) in [6, 6.07) is -2.45. The molecule has 0 saturated carbocycles. The molecule has 0 aliphatic carbocycles. The summed E-state index contributed by atoms with van der Waals surface area (Å²) >= 11 is 0. The van der Waals surface area contributed by atoms with E-state index in [1.807, 2.05) is 0 Å². The fourth-order valence-electron chi connectivity index (χ4n) is 1.39. The van der Waals surface area contributed by atoms with E-state index in [0.29, 0.717) is 11.4 Å². The predicted molar refractivity (Wildman–Crippen MR) is 79.6 cm³/mol. The third-order valence-corrected chi connectivity index (χ3v) is 2.51. The average Bonchev–Trinajstić information content (AvgIpc) is 3.20. The van der Waals surface area contributed by atoms with Crippen LogP contribution in [0.5, 0.6) is 0 Å². The number of imidazole rings is 2. The topological polar surface area (TPSA) is 249 Å². The van der Waals surface area contributed by atoms with Gasteiger partial charge in [-0.05, 0) is 12.8 Å². The van der Waals surface area contributed by atoms with Gasteiger partial charge in [-0.3, -0.25) is 0 Å². The fraction of sp³-hybridized carbons (Fsp3) is 0.333. The molecule has 27 heavy (non-hydrogen) atoms. The van der Waals surface area contributed by atoms with Crippen molar-refractivity contribution in [3.63, 3.8) is 0 Å². The molecule has 0 amide bonds. The monoisotopic (exact) mass is 421 g/mol. The number of carboxylic acid groups (broad SMARTS) is 2. The van der Waals surface area contributed by atoms with Crippen molar-refractivity contribution in [2.45, 2.75) is 24.9 Å². The van der Waals surface area contributed by atoms with E-state index in [2.05, 4.69) is 19.9 Å². The number of carbonyl (C=O) groups excluding carboxylic acids is 2. The Balaban J connectivity index is 0. The number of rotatable bonds is 6. The van der Waals surface area contributed by atoms with Gasteiger partial charge < -0.3 is 46.4 Å². The number of carbonyl (C=O) groups is 2. The minimum atomic E-state index is -1.50. The van der Waals surface area contributed by atoms with Gasteiger partial charge in [-0.1, -0.05) is 12.1 Å². The van der Waals surface area contributed by atoms with Gasteiger partial charge >= 0.3 is 17.4 Å². The summed E-state index contributed by atoms with van der Waals surface area (Å²) < 4.78 is 0. The van der Waals surface area contributed by atoms with E-state index >= 15 is 0 Å². The SMILES string of the molecule is O=[N+]([O-])O.[Cr+5].[NH-]C(Cc1c[nH]cn1)C(=O)[O-].[NH-]C(Cc1c[nH]cn1)C(=O)[O-]. The van der Waals surface area contributed by atoms with Gasteiger partial charge in [-0.15, -0.1) is 10.1 Å². The Kier molecular flexibility index (Phi) is 13.8. The molecule has 2 atom stereocenters. The van der Waals surface area contributed by atoms with E-state index in [1.165, 1.54) is 12.7 Å². The van der Waals surface area contributed by atoms with Crippen molar-refractivity contribution in [1.82, 2.24) is 19.9 Å². The van der Waals surface area contributed by atoms with Crippen LogP contribution in [0.25, 0.3) is 11.5 Å². The zero-order valence-corrected chi connectivity index (χ0v) is 14.8. The molecule has 1 radical (unpaired) electrons. The molecule has 0 fully saturated rings. The third-order valence-electron chi connectivity index (χ3n) is 2.51. The van der Waals surface area contributed by atoms with Crippen LogP contribution >= 0.6 is 0 Å². The molecule has 2 heterocycles. The molecule has 0 saturated heterocycles. The number of carboxylic acids is 2. The molecule has 0 bridgehead atoms. The number of hydrogen-bond acceptors (Lipinski definition) is 8. The van der Waals surface area contributed by atoms with Gasteiger partial charge in [-0.2, -0.15) is 0 Å². The van der Waals surface area contributed by atoms with Crippen molar-refractivity contribution in [2.24, 2.45) is 0 Å². The van der Waals surface area contributed by atoms with Crippen molar-refractivity contribution < 1.29 is 47.5 Å². The summed E-state index contributed by atoms with van der Waals surface area (Å²) in [6.45, 7) is 0. The summed E-state index contributed by atoms with van der Waals surface area (Å²) in [5.41, 5.74) is 15.1. The van der Waals surface area contributed by atoms with Crippen molar-refractivity contribution in [3.8, 4) is 0 Å². The molecule has 5 N–H and O–H groups in total. The zero-order chi connectivity index (χ0) is 20.1. The molecule has 0 aliphatic heterocycles. The van der Waals surface area contributed by atoms with Crippen LogP contribution in [-0.4, -0.2) is 54.3 Å². The van der Waals surface area contributed by atoms with E-state index in [1.54, 1.807) is 12.4 Å². The van der Waals surface area contributed by atoms with Gasteiger partial charge in [0.25, 0.3) is 5.09 Å². The maximum atomic E-state index is 10.1. The van der Waals surface area contributed by atoms with Crippen LogP contribution in [0.4, 0.5) is 0 Å². The molecule has 2 unspecified atom stereocenters. The Bertz CT molecular complexity index is 609. The second-order valence-electron chi connectivity index (χ2n) is 4.51. The van der Waals surface area contributed by atoms with Crippen LogP contribution in [0.3, 0.4) is 0 Å². The van der Waals surface area contributed by atoms with Crippen LogP contribution in [-0.2, 0) is 39.8 Å². The number of nitrogens with zero attached hydrogens (tertiary/aromatic N) is 3. The summed E-state index contributed by atoms with van der Waals surface area (Å²) in [6.07, 6.45) is 6.18. The standard InChI is InChI=1S/2C6H8N3O2.Cr.HNO3/c2*7-5(6(10)11)1-4-2-8-3-9-4;;2-1(3)4/h2*2-3,5,7H,1H2,(H,8,9)(H,10,11);;(H,2,3,4)/q2*-1;+5;/p-2. The molecular formula is C12H15CrN7O7+. The molecule has 14 nitrogen and oxygen atoms in total. The molecule has 2 aromatic rings. The van der Waals surface area contributed by atoms with Gasteiger partial charge in [0.15, 0.2) is 0 Å². The molecule has 0 aromatic carbocycles. The number of aromatic nitrogens is 4. The van der Waals surface area contributed by atoms with Crippen molar-refractivity contribution in [1.29, 1.82) is 0 Å². The molecule has 15 heteroatoms. The van der Waals surface area contributed by atoms with Gasteiger partial charge in [0, 0.05) is 24.3 Å². The second-order valence-corrected chi connectivity index (χ2v) is 4.51.